The summed E-state index contributed by atoms with van der Waals surface area (Å²) in [6.45, 7) is 3.52. The molecule has 0 radical (unpaired) electrons. The Kier molecular flexibility index (Phi) is 4.91. The highest BCUT2D eigenvalue weighted by molar-refractivity contribution is 8.00. The monoisotopic (exact) mass is 423 g/mol. The maximum Gasteiger partial charge on any atom is 0.241 e. The van der Waals surface area contributed by atoms with Crippen molar-refractivity contribution in [3.05, 3.63) is 36.0 Å². The van der Waals surface area contributed by atoms with Crippen LogP contribution in [0.3, 0.4) is 0 Å². The third kappa shape index (κ3) is 3.54. The standard InChI is InChI=1S/C22H25N5O2S/c1-13-19(29-15-4-5-15)8-7-18(24-13)20-16-11-14(3-6-17(16)26-27-20)25-21(28)22(30-2)9-10-23-12-22/h3,6-8,11,15,23H,4-5,9-10,12H2,1-2H3,(H,25,28)(H,26,27). The number of benzene rings is 1. The van der Waals surface area contributed by atoms with Gasteiger partial charge in [0.2, 0.25) is 5.91 Å². The van der Waals surface area contributed by atoms with E-state index in [0.29, 0.717) is 12.6 Å². The SMILES string of the molecule is CSC1(C(=O)Nc2ccc3[nH]nc(-c4ccc(OC5CC5)c(C)n4)c3c2)CCNC1. The number of aryl methyl sites for hydroxylation is 1. The molecule has 1 saturated heterocycles. The van der Waals surface area contributed by atoms with Crippen LogP contribution >= 0.6 is 11.8 Å². The van der Waals surface area contributed by atoms with E-state index in [0.717, 1.165) is 65.2 Å². The van der Waals surface area contributed by atoms with Gasteiger partial charge in [-0.15, -0.1) is 11.8 Å². The second-order valence-corrected chi connectivity index (χ2v) is 9.20. The number of carbonyl (C=O) groups is 1. The number of hydrogen-bond donors (Lipinski definition) is 3. The Hall–Kier alpha value is -2.58. The lowest BCUT2D eigenvalue weighted by Gasteiger charge is -2.24. The predicted molar refractivity (Wildman–Crippen MR) is 120 cm³/mol. The molecule has 1 aliphatic carbocycles. The van der Waals surface area contributed by atoms with E-state index >= 15 is 0 Å². The maximum absolute atomic E-state index is 13.0. The second kappa shape index (κ2) is 7.59. The summed E-state index contributed by atoms with van der Waals surface area (Å²) in [4.78, 5) is 17.7. The van der Waals surface area contributed by atoms with Crippen LogP contribution in [0.1, 0.15) is 25.0 Å². The third-order valence-corrected chi connectivity index (χ3v) is 7.15. The van der Waals surface area contributed by atoms with E-state index in [1.54, 1.807) is 11.8 Å². The Morgan fingerprint density at radius 1 is 1.30 bits per heavy atom. The van der Waals surface area contributed by atoms with Crippen molar-refractivity contribution < 1.29 is 9.53 Å². The highest BCUT2D eigenvalue weighted by Crippen LogP contribution is 2.34. The molecule has 30 heavy (non-hydrogen) atoms. The second-order valence-electron chi connectivity index (χ2n) is 8.01. The van der Waals surface area contributed by atoms with Crippen LogP contribution in [0.2, 0.25) is 0 Å². The van der Waals surface area contributed by atoms with Gasteiger partial charge >= 0.3 is 0 Å². The maximum atomic E-state index is 13.0. The van der Waals surface area contributed by atoms with Crippen molar-refractivity contribution in [3.8, 4) is 17.1 Å². The molecule has 3 aromatic rings. The van der Waals surface area contributed by atoms with Crippen LogP contribution < -0.4 is 15.4 Å². The number of anilines is 1. The van der Waals surface area contributed by atoms with Gasteiger partial charge in [-0.25, -0.2) is 4.98 Å². The van der Waals surface area contributed by atoms with Crippen LogP contribution in [0, 0.1) is 6.92 Å². The zero-order valence-electron chi connectivity index (χ0n) is 17.1. The number of aromatic nitrogens is 3. The van der Waals surface area contributed by atoms with Crippen LogP contribution in [0.15, 0.2) is 30.3 Å². The summed E-state index contributed by atoms with van der Waals surface area (Å²) in [5.74, 6) is 0.876. The highest BCUT2D eigenvalue weighted by Gasteiger charge is 2.40. The summed E-state index contributed by atoms with van der Waals surface area (Å²) >= 11 is 1.61. The molecule has 2 aromatic heterocycles. The number of pyridine rings is 1. The normalized spacial score (nSPS) is 21.1. The van der Waals surface area contributed by atoms with Gasteiger partial charge < -0.3 is 15.4 Å². The lowest BCUT2D eigenvalue weighted by atomic mass is 10.1. The number of nitrogens with one attached hydrogen (secondary N) is 3. The molecule has 2 aliphatic rings. The van der Waals surface area contributed by atoms with Gasteiger partial charge in [-0.2, -0.15) is 5.10 Å². The van der Waals surface area contributed by atoms with Gasteiger partial charge in [-0.3, -0.25) is 9.89 Å². The van der Waals surface area contributed by atoms with Crippen LogP contribution in [0.25, 0.3) is 22.3 Å². The molecule has 7 nitrogen and oxygen atoms in total. The Morgan fingerprint density at radius 2 is 2.17 bits per heavy atom. The molecule has 3 N–H and O–H groups in total. The number of ether oxygens (including phenoxy) is 1. The first-order chi connectivity index (χ1) is 14.6. The molecule has 1 unspecified atom stereocenters. The number of H-pyrrole nitrogens is 1. The van der Waals surface area contributed by atoms with Gasteiger partial charge in [-0.05, 0) is 69.3 Å². The Balaban J connectivity index is 1.43. The zero-order chi connectivity index (χ0) is 20.7. The van der Waals surface area contributed by atoms with Crippen LogP contribution in [0.5, 0.6) is 5.75 Å². The Morgan fingerprint density at radius 3 is 2.87 bits per heavy atom. The molecule has 1 aromatic carbocycles. The van der Waals surface area contributed by atoms with Crippen molar-refractivity contribution in [1.82, 2.24) is 20.5 Å². The molecule has 5 rings (SSSR count). The van der Waals surface area contributed by atoms with E-state index in [9.17, 15) is 4.79 Å². The first kappa shape index (κ1) is 19.4. The third-order valence-electron chi connectivity index (χ3n) is 5.84. The first-order valence-corrected chi connectivity index (χ1v) is 11.5. The number of carbonyl (C=O) groups excluding carboxylic acids is 1. The lowest BCUT2D eigenvalue weighted by Crippen LogP contribution is -2.41. The number of fused-ring (bicyclic) bond motifs is 1. The molecule has 1 aliphatic heterocycles. The fraction of sp³-hybridized carbons (Fsp3) is 0.409. The van der Waals surface area contributed by atoms with E-state index in [1.165, 1.54) is 0 Å². The molecule has 0 bridgehead atoms. The average Bonchev–Trinajstić information content (AvgIpc) is 3.26. The summed E-state index contributed by atoms with van der Waals surface area (Å²) in [6, 6.07) is 9.73. The van der Waals surface area contributed by atoms with Gasteiger partial charge in [0.25, 0.3) is 0 Å². The van der Waals surface area contributed by atoms with Gasteiger partial charge in [0.1, 0.15) is 16.2 Å². The Bertz CT molecular complexity index is 1100. The van der Waals surface area contributed by atoms with Crippen molar-refractivity contribution in [2.75, 3.05) is 24.7 Å². The molecule has 8 heteroatoms. The van der Waals surface area contributed by atoms with Gasteiger partial charge in [0.15, 0.2) is 0 Å². The summed E-state index contributed by atoms with van der Waals surface area (Å²) in [5, 5.41) is 14.9. The van der Waals surface area contributed by atoms with E-state index < -0.39 is 4.75 Å². The molecule has 1 amide bonds. The van der Waals surface area contributed by atoms with E-state index in [4.69, 9.17) is 9.72 Å². The van der Waals surface area contributed by atoms with Gasteiger partial charge in [0.05, 0.1) is 23.0 Å². The molecule has 0 spiro atoms. The molecular weight excluding hydrogens is 398 g/mol. The zero-order valence-corrected chi connectivity index (χ0v) is 17.9. The number of nitrogens with zero attached hydrogens (tertiary/aromatic N) is 2. The molecule has 2 fully saturated rings. The smallest absolute Gasteiger partial charge is 0.241 e. The molecule has 156 valence electrons. The highest BCUT2D eigenvalue weighted by atomic mass is 32.2. The van der Waals surface area contributed by atoms with Crippen molar-refractivity contribution in [2.24, 2.45) is 0 Å². The van der Waals surface area contributed by atoms with Gasteiger partial charge in [0, 0.05) is 17.6 Å². The van der Waals surface area contributed by atoms with Crippen molar-refractivity contribution in [1.29, 1.82) is 0 Å². The number of hydrogen-bond acceptors (Lipinski definition) is 6. The molecular formula is C22H25N5O2S. The fourth-order valence-electron chi connectivity index (χ4n) is 3.83. The van der Waals surface area contributed by atoms with Crippen LogP contribution in [-0.4, -0.2) is 51.3 Å². The summed E-state index contributed by atoms with van der Waals surface area (Å²) in [5.41, 5.74) is 4.08. The average molecular weight is 424 g/mol. The first-order valence-electron chi connectivity index (χ1n) is 10.3. The quantitative estimate of drug-likeness (QED) is 0.562. The number of rotatable bonds is 6. The largest absolute Gasteiger partial charge is 0.489 e. The molecule has 1 saturated carbocycles. The number of aromatic amines is 1. The minimum Gasteiger partial charge on any atom is -0.489 e. The predicted octanol–water partition coefficient (Wildman–Crippen LogP) is 3.51. The van der Waals surface area contributed by atoms with E-state index in [1.807, 2.05) is 43.5 Å². The summed E-state index contributed by atoms with van der Waals surface area (Å²) < 4.78 is 5.49. The molecule has 1 atom stereocenters. The minimum absolute atomic E-state index is 0.0416. The number of amides is 1. The van der Waals surface area contributed by atoms with Crippen LogP contribution in [0.4, 0.5) is 5.69 Å². The van der Waals surface area contributed by atoms with Crippen molar-refractivity contribution in [3.63, 3.8) is 0 Å². The van der Waals surface area contributed by atoms with Crippen molar-refractivity contribution >= 4 is 34.3 Å². The minimum atomic E-state index is -0.412. The van der Waals surface area contributed by atoms with E-state index in [-0.39, 0.29) is 5.91 Å². The number of thioether (sulfide) groups is 1. The fourth-order valence-corrected chi connectivity index (χ4v) is 4.62. The van der Waals surface area contributed by atoms with E-state index in [2.05, 4.69) is 20.8 Å². The van der Waals surface area contributed by atoms with Crippen molar-refractivity contribution in [2.45, 2.75) is 37.0 Å². The lowest BCUT2D eigenvalue weighted by molar-refractivity contribution is -0.118. The summed E-state index contributed by atoms with van der Waals surface area (Å²) in [7, 11) is 0. The topological polar surface area (TPSA) is 91.9 Å². The van der Waals surface area contributed by atoms with Crippen LogP contribution in [-0.2, 0) is 4.79 Å². The Labute approximate surface area is 179 Å². The molecule has 3 heterocycles. The van der Waals surface area contributed by atoms with Gasteiger partial charge in [-0.1, -0.05) is 0 Å². The summed E-state index contributed by atoms with van der Waals surface area (Å²) in [6.07, 6.45) is 5.40.